The molecule has 1 N–H and O–H groups in total. The molecule has 1 unspecified atom stereocenters. The molecule has 0 aliphatic heterocycles. The van der Waals surface area contributed by atoms with Gasteiger partial charge >= 0.3 is 0 Å². The first-order chi connectivity index (χ1) is 7.66. The fourth-order valence-electron chi connectivity index (χ4n) is 1.66. The molecule has 0 saturated heterocycles. The highest BCUT2D eigenvalue weighted by molar-refractivity contribution is 5.21. The summed E-state index contributed by atoms with van der Waals surface area (Å²) >= 11 is 0. The highest BCUT2D eigenvalue weighted by Gasteiger charge is 2.12. The fraction of sp³-hybridized carbons (Fsp3) is 0.538. The van der Waals surface area contributed by atoms with E-state index in [9.17, 15) is 8.78 Å². The summed E-state index contributed by atoms with van der Waals surface area (Å²) in [6.45, 7) is 4.82. The molecule has 0 heterocycles. The molecule has 0 spiro atoms. The van der Waals surface area contributed by atoms with Crippen LogP contribution in [0.2, 0.25) is 0 Å². The molecule has 1 nitrogen and oxygen atoms in total. The molecular formula is C13H19F2N. The van der Waals surface area contributed by atoms with Crippen LogP contribution < -0.4 is 5.32 Å². The van der Waals surface area contributed by atoms with Gasteiger partial charge in [-0.1, -0.05) is 31.9 Å². The van der Waals surface area contributed by atoms with E-state index in [1.165, 1.54) is 6.07 Å². The van der Waals surface area contributed by atoms with Crippen molar-refractivity contribution in [1.29, 1.82) is 0 Å². The van der Waals surface area contributed by atoms with Gasteiger partial charge in [0.1, 0.15) is 0 Å². The molecule has 3 heteroatoms. The number of hydrogen-bond donors (Lipinski definition) is 1. The van der Waals surface area contributed by atoms with Crippen molar-refractivity contribution < 1.29 is 8.78 Å². The first kappa shape index (κ1) is 13.1. The van der Waals surface area contributed by atoms with Crippen LogP contribution in [0.3, 0.4) is 0 Å². The number of rotatable bonds is 6. The van der Waals surface area contributed by atoms with Crippen molar-refractivity contribution in [2.75, 3.05) is 6.54 Å². The average molecular weight is 227 g/mol. The van der Waals surface area contributed by atoms with Crippen LogP contribution in [0.4, 0.5) is 8.78 Å². The summed E-state index contributed by atoms with van der Waals surface area (Å²) in [7, 11) is 0. The molecule has 1 aromatic carbocycles. The maximum Gasteiger partial charge on any atom is 0.163 e. The van der Waals surface area contributed by atoms with Crippen molar-refractivity contribution in [3.63, 3.8) is 0 Å². The summed E-state index contributed by atoms with van der Waals surface area (Å²) in [5, 5.41) is 3.20. The Hall–Kier alpha value is -0.960. The molecule has 1 rings (SSSR count). The van der Waals surface area contributed by atoms with Gasteiger partial charge in [-0.05, 0) is 26.0 Å². The van der Waals surface area contributed by atoms with Crippen molar-refractivity contribution in [3.05, 3.63) is 35.4 Å². The predicted octanol–water partition coefficient (Wildman–Crippen LogP) is 3.81. The zero-order valence-electron chi connectivity index (χ0n) is 9.89. The Morgan fingerprint density at radius 1 is 1.25 bits per heavy atom. The number of hydrogen-bond acceptors (Lipinski definition) is 1. The van der Waals surface area contributed by atoms with E-state index in [1.54, 1.807) is 6.07 Å². The molecule has 0 aromatic heterocycles. The van der Waals surface area contributed by atoms with Gasteiger partial charge in [-0.15, -0.1) is 0 Å². The molecule has 0 aliphatic carbocycles. The molecule has 1 aromatic rings. The van der Waals surface area contributed by atoms with Crippen molar-refractivity contribution in [1.82, 2.24) is 5.32 Å². The van der Waals surface area contributed by atoms with Crippen LogP contribution in [0.25, 0.3) is 0 Å². The van der Waals surface area contributed by atoms with Crippen LogP contribution in [0.15, 0.2) is 18.2 Å². The van der Waals surface area contributed by atoms with Crippen molar-refractivity contribution >= 4 is 0 Å². The predicted molar refractivity (Wildman–Crippen MR) is 62.3 cm³/mol. The number of unbranched alkanes of at least 4 members (excludes halogenated alkanes) is 2. The van der Waals surface area contributed by atoms with Gasteiger partial charge in [0.2, 0.25) is 0 Å². The summed E-state index contributed by atoms with van der Waals surface area (Å²) in [6, 6.07) is 4.16. The number of halogens is 2. The van der Waals surface area contributed by atoms with Gasteiger partial charge in [-0.25, -0.2) is 8.78 Å². The minimum atomic E-state index is -0.778. The van der Waals surface area contributed by atoms with E-state index in [1.807, 2.05) is 6.92 Å². The van der Waals surface area contributed by atoms with Crippen molar-refractivity contribution in [2.45, 2.75) is 39.2 Å². The molecule has 0 bridgehead atoms. The van der Waals surface area contributed by atoms with Gasteiger partial charge in [0.15, 0.2) is 11.6 Å². The normalized spacial score (nSPS) is 12.8. The monoisotopic (exact) mass is 227 g/mol. The summed E-state index contributed by atoms with van der Waals surface area (Å²) in [4.78, 5) is 0. The van der Waals surface area contributed by atoms with Crippen molar-refractivity contribution in [3.8, 4) is 0 Å². The quantitative estimate of drug-likeness (QED) is 0.729. The Morgan fingerprint density at radius 3 is 2.69 bits per heavy atom. The average Bonchev–Trinajstić information content (AvgIpc) is 2.28. The van der Waals surface area contributed by atoms with Gasteiger partial charge in [-0.2, -0.15) is 0 Å². The molecule has 0 amide bonds. The largest absolute Gasteiger partial charge is 0.310 e. The van der Waals surface area contributed by atoms with E-state index in [2.05, 4.69) is 12.2 Å². The maximum atomic E-state index is 13.4. The standard InChI is InChI=1S/C13H19F2N/c1-3-4-5-9-16-10(2)11-7-6-8-12(14)13(11)15/h6-8,10,16H,3-5,9H2,1-2H3. The van der Waals surface area contributed by atoms with E-state index in [0.717, 1.165) is 31.9 Å². The van der Waals surface area contributed by atoms with Crippen LogP contribution in [-0.4, -0.2) is 6.54 Å². The van der Waals surface area contributed by atoms with E-state index in [-0.39, 0.29) is 6.04 Å². The Labute approximate surface area is 95.9 Å². The Bertz CT molecular complexity index is 326. The third-order valence-electron chi connectivity index (χ3n) is 2.68. The zero-order valence-corrected chi connectivity index (χ0v) is 9.89. The molecule has 16 heavy (non-hydrogen) atoms. The molecule has 90 valence electrons. The zero-order chi connectivity index (χ0) is 12.0. The molecule has 0 fully saturated rings. The first-order valence-electron chi connectivity index (χ1n) is 5.84. The van der Waals surface area contributed by atoms with E-state index >= 15 is 0 Å². The topological polar surface area (TPSA) is 12.0 Å². The van der Waals surface area contributed by atoms with Gasteiger partial charge in [0.05, 0.1) is 0 Å². The van der Waals surface area contributed by atoms with E-state index in [0.29, 0.717) is 5.56 Å². The van der Waals surface area contributed by atoms with Gasteiger partial charge in [-0.3, -0.25) is 0 Å². The minimum absolute atomic E-state index is 0.146. The second-order valence-electron chi connectivity index (χ2n) is 4.03. The van der Waals surface area contributed by atoms with Gasteiger partial charge in [0.25, 0.3) is 0 Å². The molecule has 0 radical (unpaired) electrons. The lowest BCUT2D eigenvalue weighted by Crippen LogP contribution is -2.21. The lowest BCUT2D eigenvalue weighted by atomic mass is 10.1. The molecule has 1 atom stereocenters. The van der Waals surface area contributed by atoms with E-state index in [4.69, 9.17) is 0 Å². The smallest absolute Gasteiger partial charge is 0.163 e. The Kier molecular flexibility index (Phi) is 5.39. The number of nitrogens with one attached hydrogen (secondary N) is 1. The second-order valence-corrected chi connectivity index (χ2v) is 4.03. The van der Waals surface area contributed by atoms with Crippen LogP contribution in [-0.2, 0) is 0 Å². The third-order valence-corrected chi connectivity index (χ3v) is 2.68. The van der Waals surface area contributed by atoms with Crippen LogP contribution >= 0.6 is 0 Å². The number of benzene rings is 1. The molecule has 0 aliphatic rings. The Morgan fingerprint density at radius 2 is 2.00 bits per heavy atom. The summed E-state index contributed by atoms with van der Waals surface area (Å²) < 4.78 is 26.4. The van der Waals surface area contributed by atoms with E-state index < -0.39 is 11.6 Å². The van der Waals surface area contributed by atoms with Crippen LogP contribution in [0.5, 0.6) is 0 Å². The van der Waals surface area contributed by atoms with Crippen LogP contribution in [0, 0.1) is 11.6 Å². The SMILES string of the molecule is CCCCCNC(C)c1cccc(F)c1F. The maximum absolute atomic E-state index is 13.4. The highest BCUT2D eigenvalue weighted by atomic mass is 19.2. The summed E-state index contributed by atoms with van der Waals surface area (Å²) in [5.74, 6) is -1.52. The lowest BCUT2D eigenvalue weighted by Gasteiger charge is -2.15. The van der Waals surface area contributed by atoms with Gasteiger partial charge < -0.3 is 5.32 Å². The molecule has 0 saturated carbocycles. The summed E-state index contributed by atoms with van der Waals surface area (Å²) in [5.41, 5.74) is 0.400. The van der Waals surface area contributed by atoms with Crippen LogP contribution in [0.1, 0.15) is 44.7 Å². The van der Waals surface area contributed by atoms with Crippen molar-refractivity contribution in [2.24, 2.45) is 0 Å². The second kappa shape index (κ2) is 6.59. The first-order valence-corrected chi connectivity index (χ1v) is 5.84. The summed E-state index contributed by atoms with van der Waals surface area (Å²) in [6.07, 6.45) is 3.38. The lowest BCUT2D eigenvalue weighted by molar-refractivity contribution is 0.469. The minimum Gasteiger partial charge on any atom is -0.310 e. The highest BCUT2D eigenvalue weighted by Crippen LogP contribution is 2.18. The Balaban J connectivity index is 2.52. The fourth-order valence-corrected chi connectivity index (χ4v) is 1.66. The molecular weight excluding hydrogens is 208 g/mol. The third kappa shape index (κ3) is 3.56. The van der Waals surface area contributed by atoms with Gasteiger partial charge in [0, 0.05) is 11.6 Å².